The topological polar surface area (TPSA) is 72.9 Å². The number of nitrogens with one attached hydrogen (secondary N) is 1. The van der Waals surface area contributed by atoms with Crippen molar-refractivity contribution < 1.29 is 4.79 Å². The molecule has 0 aliphatic rings. The summed E-state index contributed by atoms with van der Waals surface area (Å²) < 4.78 is 1.80. The van der Waals surface area contributed by atoms with Gasteiger partial charge in [0.05, 0.1) is 17.9 Å². The van der Waals surface area contributed by atoms with Crippen LogP contribution in [0.4, 0.5) is 5.69 Å². The van der Waals surface area contributed by atoms with Crippen molar-refractivity contribution in [1.82, 2.24) is 9.78 Å². The lowest BCUT2D eigenvalue weighted by atomic mass is 10.1. The predicted octanol–water partition coefficient (Wildman–Crippen LogP) is 1.92. The van der Waals surface area contributed by atoms with Gasteiger partial charge in [-0.2, -0.15) is 5.10 Å². The Morgan fingerprint density at radius 1 is 1.59 bits per heavy atom. The fraction of sp³-hybridized carbons (Fsp3) is 0.667. The molecule has 1 atom stereocenters. The number of anilines is 1. The molecule has 96 valence electrons. The Bertz CT molecular complexity index is 359. The molecule has 0 saturated heterocycles. The third kappa shape index (κ3) is 4.19. The van der Waals surface area contributed by atoms with Crippen LogP contribution in [-0.4, -0.2) is 21.7 Å². The minimum Gasteiger partial charge on any atom is -0.322 e. The highest BCUT2D eigenvalue weighted by molar-refractivity contribution is 5.94. The lowest BCUT2D eigenvalue weighted by molar-refractivity contribution is -0.117. The van der Waals surface area contributed by atoms with Gasteiger partial charge in [-0.15, -0.1) is 0 Å². The SMILES string of the molecule is CCCC[C@H](N)C(=O)Nc1cnn(C(C)C)c1. The number of hydrogen-bond acceptors (Lipinski definition) is 3. The molecule has 1 aromatic heterocycles. The van der Waals surface area contributed by atoms with E-state index in [1.54, 1.807) is 10.9 Å². The van der Waals surface area contributed by atoms with Crippen LogP contribution in [0, 0.1) is 0 Å². The van der Waals surface area contributed by atoms with E-state index in [-0.39, 0.29) is 11.9 Å². The maximum atomic E-state index is 11.7. The van der Waals surface area contributed by atoms with Crippen molar-refractivity contribution in [1.29, 1.82) is 0 Å². The van der Waals surface area contributed by atoms with Crippen LogP contribution in [0.15, 0.2) is 12.4 Å². The van der Waals surface area contributed by atoms with Crippen molar-refractivity contribution in [2.45, 2.75) is 52.1 Å². The molecule has 1 amide bonds. The minimum atomic E-state index is -0.433. The molecule has 0 aliphatic carbocycles. The van der Waals surface area contributed by atoms with Crippen LogP contribution in [0.25, 0.3) is 0 Å². The molecule has 0 spiro atoms. The van der Waals surface area contributed by atoms with E-state index in [1.165, 1.54) is 0 Å². The summed E-state index contributed by atoms with van der Waals surface area (Å²) in [6, 6.07) is -0.147. The summed E-state index contributed by atoms with van der Waals surface area (Å²) in [5.74, 6) is -0.137. The van der Waals surface area contributed by atoms with Gasteiger partial charge in [-0.3, -0.25) is 9.48 Å². The summed E-state index contributed by atoms with van der Waals surface area (Å²) in [5, 5.41) is 6.93. The minimum absolute atomic E-state index is 0.137. The number of aromatic nitrogens is 2. The first-order valence-corrected chi connectivity index (χ1v) is 6.15. The first-order chi connectivity index (χ1) is 8.04. The smallest absolute Gasteiger partial charge is 0.241 e. The van der Waals surface area contributed by atoms with E-state index >= 15 is 0 Å². The second kappa shape index (κ2) is 6.39. The van der Waals surface area contributed by atoms with Gasteiger partial charge in [-0.1, -0.05) is 19.8 Å². The van der Waals surface area contributed by atoms with Gasteiger partial charge in [-0.05, 0) is 20.3 Å². The second-order valence-electron chi connectivity index (χ2n) is 4.54. The van der Waals surface area contributed by atoms with E-state index in [2.05, 4.69) is 17.3 Å². The van der Waals surface area contributed by atoms with Crippen molar-refractivity contribution in [2.75, 3.05) is 5.32 Å². The number of rotatable bonds is 6. The third-order valence-electron chi connectivity index (χ3n) is 2.60. The summed E-state index contributed by atoms with van der Waals surface area (Å²) in [6.07, 6.45) is 6.20. The van der Waals surface area contributed by atoms with Gasteiger partial charge in [0, 0.05) is 12.2 Å². The number of unbranched alkanes of at least 4 members (excludes halogenated alkanes) is 1. The lowest BCUT2D eigenvalue weighted by Crippen LogP contribution is -2.35. The van der Waals surface area contributed by atoms with Crippen molar-refractivity contribution in [3.63, 3.8) is 0 Å². The monoisotopic (exact) mass is 238 g/mol. The average Bonchev–Trinajstić information content (AvgIpc) is 2.74. The van der Waals surface area contributed by atoms with Crippen molar-refractivity contribution in [3.05, 3.63) is 12.4 Å². The summed E-state index contributed by atoms with van der Waals surface area (Å²) in [4.78, 5) is 11.7. The molecule has 0 aromatic carbocycles. The third-order valence-corrected chi connectivity index (χ3v) is 2.60. The van der Waals surface area contributed by atoms with Gasteiger partial charge in [0.25, 0.3) is 0 Å². The average molecular weight is 238 g/mol. The molecule has 17 heavy (non-hydrogen) atoms. The predicted molar refractivity (Wildman–Crippen MR) is 68.7 cm³/mol. The Balaban J connectivity index is 2.49. The number of nitrogens with two attached hydrogens (primary N) is 1. The molecule has 0 aliphatic heterocycles. The molecule has 0 unspecified atom stereocenters. The molecule has 5 nitrogen and oxygen atoms in total. The quantitative estimate of drug-likeness (QED) is 0.795. The number of carbonyl (C=O) groups is 1. The molecule has 3 N–H and O–H groups in total. The van der Waals surface area contributed by atoms with E-state index in [0.29, 0.717) is 5.69 Å². The highest BCUT2D eigenvalue weighted by Crippen LogP contribution is 2.10. The first-order valence-electron chi connectivity index (χ1n) is 6.15. The maximum absolute atomic E-state index is 11.7. The van der Waals surface area contributed by atoms with Gasteiger partial charge < -0.3 is 11.1 Å². The van der Waals surface area contributed by atoms with Gasteiger partial charge in [-0.25, -0.2) is 0 Å². The number of amides is 1. The van der Waals surface area contributed by atoms with Crippen LogP contribution in [0.1, 0.15) is 46.1 Å². The molecular weight excluding hydrogens is 216 g/mol. The fourth-order valence-electron chi connectivity index (χ4n) is 1.48. The Labute approximate surface area is 102 Å². The summed E-state index contributed by atoms with van der Waals surface area (Å²) in [6.45, 7) is 6.15. The zero-order chi connectivity index (χ0) is 12.8. The number of carbonyl (C=O) groups excluding carboxylic acids is 1. The maximum Gasteiger partial charge on any atom is 0.241 e. The molecule has 1 heterocycles. The zero-order valence-electron chi connectivity index (χ0n) is 10.8. The zero-order valence-corrected chi connectivity index (χ0v) is 10.8. The van der Waals surface area contributed by atoms with Crippen LogP contribution in [-0.2, 0) is 4.79 Å². The first kappa shape index (κ1) is 13.7. The van der Waals surface area contributed by atoms with E-state index in [0.717, 1.165) is 19.3 Å². The summed E-state index contributed by atoms with van der Waals surface area (Å²) in [5.41, 5.74) is 6.48. The normalized spacial score (nSPS) is 12.8. The van der Waals surface area contributed by atoms with Gasteiger partial charge in [0.1, 0.15) is 0 Å². The van der Waals surface area contributed by atoms with Crippen LogP contribution in [0.3, 0.4) is 0 Å². The van der Waals surface area contributed by atoms with Crippen LogP contribution in [0.5, 0.6) is 0 Å². The number of hydrogen-bond donors (Lipinski definition) is 2. The lowest BCUT2D eigenvalue weighted by Gasteiger charge is -2.10. The van der Waals surface area contributed by atoms with Crippen LogP contribution < -0.4 is 11.1 Å². The Morgan fingerprint density at radius 3 is 2.82 bits per heavy atom. The van der Waals surface area contributed by atoms with Crippen molar-refractivity contribution >= 4 is 11.6 Å². The van der Waals surface area contributed by atoms with Crippen molar-refractivity contribution in [3.8, 4) is 0 Å². The fourth-order valence-corrected chi connectivity index (χ4v) is 1.48. The standard InChI is InChI=1S/C12H22N4O/c1-4-5-6-11(13)12(17)15-10-7-14-16(8-10)9(2)3/h7-9,11H,4-6,13H2,1-3H3,(H,15,17)/t11-/m0/s1. The van der Waals surface area contributed by atoms with Gasteiger partial charge >= 0.3 is 0 Å². The molecular formula is C12H22N4O. The Morgan fingerprint density at radius 2 is 2.29 bits per heavy atom. The highest BCUT2D eigenvalue weighted by Gasteiger charge is 2.13. The van der Waals surface area contributed by atoms with E-state index in [4.69, 9.17) is 5.73 Å². The van der Waals surface area contributed by atoms with Crippen molar-refractivity contribution in [2.24, 2.45) is 5.73 Å². The summed E-state index contributed by atoms with van der Waals surface area (Å²) >= 11 is 0. The highest BCUT2D eigenvalue weighted by atomic mass is 16.2. The summed E-state index contributed by atoms with van der Waals surface area (Å²) in [7, 11) is 0. The van der Waals surface area contributed by atoms with E-state index in [1.807, 2.05) is 20.0 Å². The van der Waals surface area contributed by atoms with Gasteiger partial charge in [0.2, 0.25) is 5.91 Å². The molecule has 5 heteroatoms. The molecule has 0 saturated carbocycles. The molecule has 0 fully saturated rings. The molecule has 0 bridgehead atoms. The van der Waals surface area contributed by atoms with Crippen LogP contribution >= 0.6 is 0 Å². The largest absolute Gasteiger partial charge is 0.322 e. The van der Waals surface area contributed by atoms with E-state index < -0.39 is 6.04 Å². The van der Waals surface area contributed by atoms with Crippen LogP contribution in [0.2, 0.25) is 0 Å². The number of nitrogens with zero attached hydrogens (tertiary/aromatic N) is 2. The Kier molecular flexibility index (Phi) is 5.15. The van der Waals surface area contributed by atoms with Gasteiger partial charge in [0.15, 0.2) is 0 Å². The molecule has 0 radical (unpaired) electrons. The second-order valence-corrected chi connectivity index (χ2v) is 4.54. The molecule has 1 aromatic rings. The van der Waals surface area contributed by atoms with E-state index in [9.17, 15) is 4.79 Å². The Hall–Kier alpha value is -1.36. The molecule has 1 rings (SSSR count).